The summed E-state index contributed by atoms with van der Waals surface area (Å²) in [6.45, 7) is 6.45. The van der Waals surface area contributed by atoms with Gasteiger partial charge in [0.2, 0.25) is 5.91 Å². The molecule has 132 valence electrons. The summed E-state index contributed by atoms with van der Waals surface area (Å²) >= 11 is 0. The van der Waals surface area contributed by atoms with Gasteiger partial charge in [-0.15, -0.1) is 0 Å². The van der Waals surface area contributed by atoms with Crippen LogP contribution in [-0.4, -0.2) is 27.3 Å². The highest BCUT2D eigenvalue weighted by molar-refractivity contribution is 5.81. The number of hydrogen-bond acceptors (Lipinski definition) is 3. The summed E-state index contributed by atoms with van der Waals surface area (Å²) in [6.07, 6.45) is 0.919. The van der Waals surface area contributed by atoms with Crippen molar-refractivity contribution in [2.24, 2.45) is 5.41 Å². The largest absolute Gasteiger partial charge is 0.337 e. The van der Waals surface area contributed by atoms with E-state index in [1.807, 2.05) is 20.8 Å². The first-order valence-corrected chi connectivity index (χ1v) is 8.39. The lowest BCUT2D eigenvalue weighted by atomic mass is 9.93. The molecule has 0 saturated heterocycles. The molecule has 1 aromatic heterocycles. The molecule has 1 amide bonds. The number of amides is 1. The molecule has 6 heteroatoms. The molecule has 1 aliphatic heterocycles. The van der Waals surface area contributed by atoms with Crippen LogP contribution < -0.4 is 5.56 Å². The van der Waals surface area contributed by atoms with Gasteiger partial charge in [-0.2, -0.15) is 0 Å². The molecular formula is C19H22FN3O2. The van der Waals surface area contributed by atoms with Crippen molar-refractivity contribution in [1.82, 2.24) is 14.9 Å². The van der Waals surface area contributed by atoms with E-state index in [9.17, 15) is 14.0 Å². The van der Waals surface area contributed by atoms with Crippen molar-refractivity contribution < 1.29 is 9.18 Å². The second kappa shape index (κ2) is 6.43. The lowest BCUT2D eigenvalue weighted by molar-refractivity contribution is -0.140. The Morgan fingerprint density at radius 1 is 1.36 bits per heavy atom. The van der Waals surface area contributed by atoms with Crippen LogP contribution in [0.3, 0.4) is 0 Å². The van der Waals surface area contributed by atoms with Gasteiger partial charge in [-0.3, -0.25) is 9.59 Å². The number of aromatic nitrogens is 2. The fourth-order valence-electron chi connectivity index (χ4n) is 3.05. The first-order chi connectivity index (χ1) is 11.7. The number of hydrogen-bond donors (Lipinski definition) is 1. The second-order valence-corrected chi connectivity index (χ2v) is 7.47. The van der Waals surface area contributed by atoms with Gasteiger partial charge >= 0.3 is 0 Å². The Morgan fingerprint density at radius 2 is 2.12 bits per heavy atom. The van der Waals surface area contributed by atoms with Crippen molar-refractivity contribution in [3.63, 3.8) is 0 Å². The van der Waals surface area contributed by atoms with Crippen molar-refractivity contribution in [3.8, 4) is 0 Å². The van der Waals surface area contributed by atoms with Crippen molar-refractivity contribution in [2.45, 2.75) is 40.2 Å². The predicted octanol–water partition coefficient (Wildman–Crippen LogP) is 2.43. The van der Waals surface area contributed by atoms with Gasteiger partial charge in [-0.05, 0) is 17.7 Å². The predicted molar refractivity (Wildman–Crippen MR) is 92.6 cm³/mol. The molecule has 0 fully saturated rings. The highest BCUT2D eigenvalue weighted by Gasteiger charge is 2.31. The third kappa shape index (κ3) is 3.78. The third-order valence-corrected chi connectivity index (χ3v) is 4.31. The quantitative estimate of drug-likeness (QED) is 0.911. The normalized spacial score (nSPS) is 14.3. The molecule has 0 saturated carbocycles. The summed E-state index contributed by atoms with van der Waals surface area (Å²) in [7, 11) is 0. The zero-order valence-corrected chi connectivity index (χ0v) is 14.7. The van der Waals surface area contributed by atoms with Gasteiger partial charge in [0.25, 0.3) is 5.56 Å². The average molecular weight is 343 g/mol. The van der Waals surface area contributed by atoms with Gasteiger partial charge in [-0.1, -0.05) is 32.9 Å². The first-order valence-electron chi connectivity index (χ1n) is 8.39. The smallest absolute Gasteiger partial charge is 0.256 e. The molecule has 0 aliphatic carbocycles. The van der Waals surface area contributed by atoms with Gasteiger partial charge in [-0.25, -0.2) is 9.37 Å². The molecule has 0 atom stereocenters. The maximum absolute atomic E-state index is 13.3. The molecule has 1 aromatic carbocycles. The van der Waals surface area contributed by atoms with Crippen LogP contribution in [0.25, 0.3) is 0 Å². The maximum atomic E-state index is 13.3. The summed E-state index contributed by atoms with van der Waals surface area (Å²) in [5.74, 6) is 0.237. The van der Waals surface area contributed by atoms with E-state index in [1.165, 1.54) is 12.1 Å². The molecular weight excluding hydrogens is 321 g/mol. The minimum atomic E-state index is -0.477. The number of carbonyl (C=O) groups is 1. The van der Waals surface area contributed by atoms with Crippen LogP contribution in [0.15, 0.2) is 29.1 Å². The number of fused-ring (bicyclic) bond motifs is 1. The third-order valence-electron chi connectivity index (χ3n) is 4.31. The Morgan fingerprint density at radius 3 is 2.80 bits per heavy atom. The minimum Gasteiger partial charge on any atom is -0.337 e. The van der Waals surface area contributed by atoms with Gasteiger partial charge in [0.05, 0.1) is 17.8 Å². The minimum absolute atomic E-state index is 0.0291. The first kappa shape index (κ1) is 17.3. The summed E-state index contributed by atoms with van der Waals surface area (Å²) in [5.41, 5.74) is 1.33. The highest BCUT2D eigenvalue weighted by atomic mass is 19.1. The molecule has 1 N–H and O–H groups in total. The fourth-order valence-corrected chi connectivity index (χ4v) is 3.05. The van der Waals surface area contributed by atoms with E-state index in [4.69, 9.17) is 0 Å². The number of rotatable bonds is 2. The molecule has 0 unspecified atom stereocenters. The van der Waals surface area contributed by atoms with E-state index >= 15 is 0 Å². The van der Waals surface area contributed by atoms with Crippen LogP contribution in [-0.2, 0) is 24.2 Å². The summed E-state index contributed by atoms with van der Waals surface area (Å²) < 4.78 is 13.3. The second-order valence-electron chi connectivity index (χ2n) is 7.47. The molecule has 0 spiro atoms. The van der Waals surface area contributed by atoms with E-state index in [0.717, 1.165) is 11.3 Å². The number of nitrogens with zero attached hydrogens (tertiary/aromatic N) is 2. The van der Waals surface area contributed by atoms with E-state index < -0.39 is 5.41 Å². The topological polar surface area (TPSA) is 66.1 Å². The number of halogens is 1. The number of nitrogens with one attached hydrogen (secondary N) is 1. The molecule has 0 radical (unpaired) electrons. The summed E-state index contributed by atoms with van der Waals surface area (Å²) in [4.78, 5) is 33.9. The van der Waals surface area contributed by atoms with Crippen LogP contribution >= 0.6 is 0 Å². The van der Waals surface area contributed by atoms with Gasteiger partial charge in [0, 0.05) is 24.8 Å². The number of benzene rings is 1. The lowest BCUT2D eigenvalue weighted by Crippen LogP contribution is -2.44. The number of aromatic amines is 1. The van der Waals surface area contributed by atoms with Crippen LogP contribution in [0.4, 0.5) is 4.39 Å². The Labute approximate surface area is 145 Å². The monoisotopic (exact) mass is 343 g/mol. The lowest BCUT2D eigenvalue weighted by Gasteiger charge is -2.32. The van der Waals surface area contributed by atoms with Gasteiger partial charge < -0.3 is 9.88 Å². The van der Waals surface area contributed by atoms with E-state index in [1.54, 1.807) is 17.0 Å². The molecule has 5 nitrogen and oxygen atoms in total. The summed E-state index contributed by atoms with van der Waals surface area (Å²) in [6, 6.07) is 6.25. The fraction of sp³-hybridized carbons (Fsp3) is 0.421. The van der Waals surface area contributed by atoms with Gasteiger partial charge in [0.1, 0.15) is 11.6 Å². The van der Waals surface area contributed by atoms with Gasteiger partial charge in [0.15, 0.2) is 0 Å². The summed E-state index contributed by atoms with van der Waals surface area (Å²) in [5, 5.41) is 0. The van der Waals surface area contributed by atoms with Crippen molar-refractivity contribution >= 4 is 5.91 Å². The van der Waals surface area contributed by atoms with Crippen LogP contribution in [0.5, 0.6) is 0 Å². The average Bonchev–Trinajstić information content (AvgIpc) is 2.53. The van der Waals surface area contributed by atoms with Crippen LogP contribution in [0.1, 0.15) is 43.4 Å². The Bertz CT molecular complexity index is 868. The van der Waals surface area contributed by atoms with Crippen molar-refractivity contribution in [1.29, 1.82) is 0 Å². The van der Waals surface area contributed by atoms with Crippen LogP contribution in [0, 0.1) is 11.2 Å². The molecule has 2 aromatic rings. The maximum Gasteiger partial charge on any atom is 0.256 e. The molecule has 1 aliphatic rings. The Kier molecular flexibility index (Phi) is 4.45. The molecule has 0 bridgehead atoms. The van der Waals surface area contributed by atoms with E-state index in [0.29, 0.717) is 30.8 Å². The SMILES string of the molecule is CC(C)(C)C(=O)N1CCc2nc(Cc3cccc(F)c3)[nH]c(=O)c2C1. The van der Waals surface area contributed by atoms with E-state index in [2.05, 4.69) is 9.97 Å². The number of H-pyrrole nitrogens is 1. The zero-order chi connectivity index (χ0) is 18.2. The number of carbonyl (C=O) groups excluding carboxylic acids is 1. The molecule has 2 heterocycles. The highest BCUT2D eigenvalue weighted by Crippen LogP contribution is 2.22. The molecule has 25 heavy (non-hydrogen) atoms. The van der Waals surface area contributed by atoms with E-state index in [-0.39, 0.29) is 23.8 Å². The Hall–Kier alpha value is -2.50. The van der Waals surface area contributed by atoms with Crippen LogP contribution in [0.2, 0.25) is 0 Å². The standard InChI is InChI=1S/C19H22FN3O2/c1-19(2,3)18(25)23-8-7-15-14(11-23)17(24)22-16(21-15)10-12-5-4-6-13(20)9-12/h4-6,9H,7-8,10-11H2,1-3H3,(H,21,22,24). The van der Waals surface area contributed by atoms with Crippen molar-refractivity contribution in [2.75, 3.05) is 6.54 Å². The Balaban J connectivity index is 1.84. The van der Waals surface area contributed by atoms with Crippen molar-refractivity contribution in [3.05, 3.63) is 63.1 Å². The zero-order valence-electron chi connectivity index (χ0n) is 14.7. The molecule has 3 rings (SSSR count).